The van der Waals surface area contributed by atoms with Crippen molar-refractivity contribution in [1.29, 1.82) is 5.41 Å². The Morgan fingerprint density at radius 3 is 2.44 bits per heavy atom. The molecule has 5 nitrogen and oxygen atoms in total. The third kappa shape index (κ3) is 2.70. The molecule has 18 heavy (non-hydrogen) atoms. The number of sulfonamides is 1. The Morgan fingerprint density at radius 1 is 1.39 bits per heavy atom. The van der Waals surface area contributed by atoms with Gasteiger partial charge in [0.1, 0.15) is 5.84 Å². The quantitative estimate of drug-likeness (QED) is 0.637. The smallest absolute Gasteiger partial charge is 0.243 e. The van der Waals surface area contributed by atoms with E-state index in [-0.39, 0.29) is 10.7 Å². The molecule has 0 saturated carbocycles. The molecule has 1 aromatic carbocycles. The van der Waals surface area contributed by atoms with Gasteiger partial charge in [-0.05, 0) is 38.0 Å². The lowest BCUT2D eigenvalue weighted by atomic mass is 10.2. The lowest BCUT2D eigenvalue weighted by Crippen LogP contribution is -2.43. The highest BCUT2D eigenvalue weighted by atomic mass is 32.2. The van der Waals surface area contributed by atoms with Crippen molar-refractivity contribution in [2.45, 2.75) is 31.7 Å². The molecule has 0 bridgehead atoms. The molecule has 1 aromatic rings. The summed E-state index contributed by atoms with van der Waals surface area (Å²) in [6.45, 7) is 5.18. The summed E-state index contributed by atoms with van der Waals surface area (Å²) in [4.78, 5) is 0.262. The van der Waals surface area contributed by atoms with Crippen LogP contribution >= 0.6 is 0 Å². The van der Waals surface area contributed by atoms with Crippen LogP contribution in [0.25, 0.3) is 0 Å². The summed E-state index contributed by atoms with van der Waals surface area (Å²) < 4.78 is 26.0. The van der Waals surface area contributed by atoms with E-state index in [1.807, 2.05) is 13.0 Å². The number of likely N-dealkylation sites (N-methyl/N-ethyl adjacent to an activating group) is 1. The Kier molecular flexibility index (Phi) is 4.13. The minimum atomic E-state index is -3.62. The van der Waals surface area contributed by atoms with Crippen LogP contribution in [0.3, 0.4) is 0 Å². The highest BCUT2D eigenvalue weighted by Crippen LogP contribution is 2.21. The largest absolute Gasteiger partial charge is 0.386 e. The van der Waals surface area contributed by atoms with Gasteiger partial charge in [-0.25, -0.2) is 8.42 Å². The molecule has 0 heterocycles. The highest BCUT2D eigenvalue weighted by Gasteiger charge is 2.28. The van der Waals surface area contributed by atoms with Crippen molar-refractivity contribution in [3.05, 3.63) is 29.3 Å². The molecule has 0 aliphatic rings. The van der Waals surface area contributed by atoms with E-state index in [9.17, 15) is 8.42 Å². The summed E-state index contributed by atoms with van der Waals surface area (Å²) in [6.07, 6.45) is 0. The normalized spacial score (nSPS) is 13.6. The van der Waals surface area contributed by atoms with Crippen LogP contribution in [-0.4, -0.2) is 31.6 Å². The summed E-state index contributed by atoms with van der Waals surface area (Å²) in [6, 6.07) is 4.61. The first-order valence-electron chi connectivity index (χ1n) is 5.57. The van der Waals surface area contributed by atoms with E-state index in [1.54, 1.807) is 26.0 Å². The van der Waals surface area contributed by atoms with Gasteiger partial charge in [-0.15, -0.1) is 0 Å². The first-order valence-corrected chi connectivity index (χ1v) is 7.01. The van der Waals surface area contributed by atoms with Crippen molar-refractivity contribution in [2.24, 2.45) is 5.73 Å². The standard InChI is InChI=1S/C12H19N3O2S/c1-8-5-6-9(2)11(7-8)18(16,17)15(4)10(3)12(13)14/h5-7,10H,1-4H3,(H3,13,14). The zero-order chi connectivity index (χ0) is 14.1. The molecule has 1 unspecified atom stereocenters. The number of aryl methyl sites for hydroxylation is 2. The van der Waals surface area contributed by atoms with E-state index >= 15 is 0 Å². The summed E-state index contributed by atoms with van der Waals surface area (Å²) in [7, 11) is -2.19. The molecule has 0 radical (unpaired) electrons. The van der Waals surface area contributed by atoms with Crippen LogP contribution in [0, 0.1) is 19.3 Å². The maximum Gasteiger partial charge on any atom is 0.243 e. The summed E-state index contributed by atoms with van der Waals surface area (Å²) in [5.74, 6) is -0.175. The lowest BCUT2D eigenvalue weighted by molar-refractivity contribution is 0.447. The Labute approximate surface area is 108 Å². The maximum absolute atomic E-state index is 12.4. The molecule has 0 fully saturated rings. The fraction of sp³-hybridized carbons (Fsp3) is 0.417. The van der Waals surface area contributed by atoms with E-state index in [4.69, 9.17) is 11.1 Å². The van der Waals surface area contributed by atoms with Crippen molar-refractivity contribution in [3.8, 4) is 0 Å². The number of benzene rings is 1. The summed E-state index contributed by atoms with van der Waals surface area (Å²) in [5.41, 5.74) is 6.92. The van der Waals surface area contributed by atoms with Crippen molar-refractivity contribution in [2.75, 3.05) is 7.05 Å². The first-order chi connectivity index (χ1) is 8.17. The molecule has 1 rings (SSSR count). The molecule has 0 spiro atoms. The van der Waals surface area contributed by atoms with Crippen LogP contribution in [-0.2, 0) is 10.0 Å². The van der Waals surface area contributed by atoms with Gasteiger partial charge in [-0.2, -0.15) is 4.31 Å². The number of nitrogens with one attached hydrogen (secondary N) is 1. The molecule has 0 aromatic heterocycles. The maximum atomic E-state index is 12.4. The second kappa shape index (κ2) is 5.07. The van der Waals surface area contributed by atoms with Crippen molar-refractivity contribution >= 4 is 15.9 Å². The molecule has 6 heteroatoms. The first kappa shape index (κ1) is 14.7. The Morgan fingerprint density at radius 2 is 1.94 bits per heavy atom. The molecule has 100 valence electrons. The molecule has 0 aliphatic heterocycles. The monoisotopic (exact) mass is 269 g/mol. The molecule has 0 aliphatic carbocycles. The SMILES string of the molecule is Cc1ccc(C)c(S(=O)(=O)N(C)C(C)C(=N)N)c1. The molecule has 3 N–H and O–H groups in total. The Balaban J connectivity index is 3.29. The van der Waals surface area contributed by atoms with Crippen LogP contribution < -0.4 is 5.73 Å². The van der Waals surface area contributed by atoms with Crippen molar-refractivity contribution in [3.63, 3.8) is 0 Å². The summed E-state index contributed by atoms with van der Waals surface area (Å²) in [5, 5.41) is 7.34. The Hall–Kier alpha value is -1.40. The van der Waals surface area contributed by atoms with Gasteiger partial charge in [0, 0.05) is 7.05 Å². The van der Waals surface area contributed by atoms with Crippen LogP contribution in [0.1, 0.15) is 18.1 Å². The third-order valence-electron chi connectivity index (χ3n) is 3.00. The zero-order valence-electron chi connectivity index (χ0n) is 11.1. The predicted octanol–water partition coefficient (Wildman–Crippen LogP) is 1.25. The average molecular weight is 269 g/mol. The van der Waals surface area contributed by atoms with E-state index in [2.05, 4.69) is 0 Å². The number of nitrogens with zero attached hydrogens (tertiary/aromatic N) is 1. The van der Waals surface area contributed by atoms with Crippen molar-refractivity contribution in [1.82, 2.24) is 4.31 Å². The lowest BCUT2D eigenvalue weighted by Gasteiger charge is -2.24. The minimum absolute atomic E-state index is 0.175. The number of hydrogen-bond donors (Lipinski definition) is 2. The van der Waals surface area contributed by atoms with Crippen molar-refractivity contribution < 1.29 is 8.42 Å². The van der Waals surface area contributed by atoms with Gasteiger partial charge in [0.15, 0.2) is 0 Å². The van der Waals surface area contributed by atoms with E-state index in [0.717, 1.165) is 9.87 Å². The number of hydrogen-bond acceptors (Lipinski definition) is 3. The van der Waals surface area contributed by atoms with E-state index < -0.39 is 16.1 Å². The zero-order valence-corrected chi connectivity index (χ0v) is 11.9. The van der Waals surface area contributed by atoms with Crippen LogP contribution in [0.15, 0.2) is 23.1 Å². The summed E-state index contributed by atoms with van der Waals surface area (Å²) >= 11 is 0. The minimum Gasteiger partial charge on any atom is -0.386 e. The van der Waals surface area contributed by atoms with Crippen LogP contribution in [0.5, 0.6) is 0 Å². The molecule has 1 atom stereocenters. The average Bonchev–Trinajstić information content (AvgIpc) is 2.29. The fourth-order valence-corrected chi connectivity index (χ4v) is 3.19. The Bertz CT molecular complexity index is 567. The molecular weight excluding hydrogens is 250 g/mol. The molecular formula is C12H19N3O2S. The van der Waals surface area contributed by atoms with Gasteiger partial charge in [0.2, 0.25) is 10.0 Å². The van der Waals surface area contributed by atoms with Crippen LogP contribution in [0.2, 0.25) is 0 Å². The third-order valence-corrected chi connectivity index (χ3v) is 5.07. The fourth-order valence-electron chi connectivity index (χ4n) is 1.54. The molecule has 0 saturated heterocycles. The van der Waals surface area contributed by atoms with Crippen LogP contribution in [0.4, 0.5) is 0 Å². The number of rotatable bonds is 4. The van der Waals surface area contributed by atoms with Gasteiger partial charge in [0.05, 0.1) is 10.9 Å². The van der Waals surface area contributed by atoms with Gasteiger partial charge in [0.25, 0.3) is 0 Å². The van der Waals surface area contributed by atoms with E-state index in [0.29, 0.717) is 5.56 Å². The van der Waals surface area contributed by atoms with E-state index in [1.165, 1.54) is 7.05 Å². The second-order valence-corrected chi connectivity index (χ2v) is 6.39. The van der Waals surface area contributed by atoms with Gasteiger partial charge in [-0.3, -0.25) is 5.41 Å². The topological polar surface area (TPSA) is 87.2 Å². The second-order valence-electron chi connectivity index (χ2n) is 4.42. The van der Waals surface area contributed by atoms with Gasteiger partial charge in [-0.1, -0.05) is 12.1 Å². The number of nitrogens with two attached hydrogens (primary N) is 1. The highest BCUT2D eigenvalue weighted by molar-refractivity contribution is 7.89. The number of amidine groups is 1. The van der Waals surface area contributed by atoms with Gasteiger partial charge < -0.3 is 5.73 Å². The van der Waals surface area contributed by atoms with Gasteiger partial charge >= 0.3 is 0 Å². The molecule has 0 amide bonds. The predicted molar refractivity (Wildman–Crippen MR) is 72.2 cm³/mol.